The highest BCUT2D eigenvalue weighted by atomic mass is 19.1. The van der Waals surface area contributed by atoms with Crippen LogP contribution < -0.4 is 10.6 Å². The summed E-state index contributed by atoms with van der Waals surface area (Å²) in [6, 6.07) is 0.916. The second-order valence-corrected chi connectivity index (χ2v) is 3.84. The van der Waals surface area contributed by atoms with Crippen LogP contribution in [0.4, 0.5) is 10.2 Å². The van der Waals surface area contributed by atoms with Gasteiger partial charge in [0.2, 0.25) is 0 Å². The summed E-state index contributed by atoms with van der Waals surface area (Å²) < 4.78 is 13.9. The first-order valence-electron chi connectivity index (χ1n) is 5.62. The molecule has 2 aromatic heterocycles. The van der Waals surface area contributed by atoms with Crippen molar-refractivity contribution >= 4 is 11.7 Å². The van der Waals surface area contributed by atoms with Crippen LogP contribution in [0.25, 0.3) is 0 Å². The Morgan fingerprint density at radius 2 is 2.26 bits per heavy atom. The highest BCUT2D eigenvalue weighted by Crippen LogP contribution is 2.15. The van der Waals surface area contributed by atoms with Crippen molar-refractivity contribution in [3.8, 4) is 0 Å². The van der Waals surface area contributed by atoms with Gasteiger partial charge in [-0.1, -0.05) is 0 Å². The number of aromatic amines is 1. The van der Waals surface area contributed by atoms with E-state index in [2.05, 4.69) is 30.8 Å². The third-order valence-corrected chi connectivity index (χ3v) is 2.56. The van der Waals surface area contributed by atoms with Crippen molar-refractivity contribution in [1.29, 1.82) is 0 Å². The molecule has 0 bridgehead atoms. The number of carbonyl (C=O) groups is 1. The predicted octanol–water partition coefficient (Wildman–Crippen LogP) is 0.871. The van der Waals surface area contributed by atoms with Crippen LogP contribution in [-0.4, -0.2) is 33.1 Å². The summed E-state index contributed by atoms with van der Waals surface area (Å²) in [5.41, 5.74) is -0.0780. The number of nitrogens with zero attached hydrogens (tertiary/aromatic N) is 3. The fraction of sp³-hybridized carbons (Fsp3) is 0.273. The van der Waals surface area contributed by atoms with E-state index in [9.17, 15) is 9.18 Å². The smallest absolute Gasteiger partial charge is 0.255 e. The van der Waals surface area contributed by atoms with Gasteiger partial charge in [0.1, 0.15) is 12.2 Å². The van der Waals surface area contributed by atoms with E-state index >= 15 is 0 Å². The van der Waals surface area contributed by atoms with E-state index in [0.717, 1.165) is 0 Å². The van der Waals surface area contributed by atoms with E-state index in [1.807, 2.05) is 0 Å². The zero-order valence-corrected chi connectivity index (χ0v) is 10.4. The molecule has 3 N–H and O–H groups in total. The van der Waals surface area contributed by atoms with Crippen molar-refractivity contribution in [3.63, 3.8) is 0 Å². The molecule has 0 radical (unpaired) electrons. The maximum Gasteiger partial charge on any atom is 0.255 e. The molecule has 100 valence electrons. The Bertz CT molecular complexity index is 571. The molecular weight excluding hydrogens is 251 g/mol. The van der Waals surface area contributed by atoms with E-state index < -0.39 is 17.8 Å². The average Bonchev–Trinajstić information content (AvgIpc) is 2.92. The third kappa shape index (κ3) is 2.67. The standard InChI is InChI=1S/C11H13FN6O/c1-6(9-15-5-16-18-9)17-11(19)7-3-4-14-10(13-2)8(7)12/h3-6H,1-2H3,(H,13,14)(H,17,19)(H,15,16,18). The molecule has 7 nitrogen and oxygen atoms in total. The number of nitrogens with one attached hydrogen (secondary N) is 3. The van der Waals surface area contributed by atoms with Crippen LogP contribution in [0.3, 0.4) is 0 Å². The van der Waals surface area contributed by atoms with Gasteiger partial charge in [0, 0.05) is 13.2 Å². The summed E-state index contributed by atoms with van der Waals surface area (Å²) in [5.74, 6) is -0.704. The van der Waals surface area contributed by atoms with Gasteiger partial charge in [-0.2, -0.15) is 5.10 Å². The summed E-state index contributed by atoms with van der Waals surface area (Å²) in [5, 5.41) is 11.5. The van der Waals surface area contributed by atoms with E-state index in [1.54, 1.807) is 6.92 Å². The number of amides is 1. The Balaban J connectivity index is 2.16. The molecule has 8 heteroatoms. The molecule has 0 aliphatic heterocycles. The first kappa shape index (κ1) is 12.9. The molecule has 19 heavy (non-hydrogen) atoms. The van der Waals surface area contributed by atoms with Gasteiger partial charge >= 0.3 is 0 Å². The minimum atomic E-state index is -0.688. The maximum atomic E-state index is 13.9. The second-order valence-electron chi connectivity index (χ2n) is 3.84. The SMILES string of the molecule is CNc1nccc(C(=O)NC(C)c2ncn[nH]2)c1F. The fourth-order valence-electron chi connectivity index (χ4n) is 1.56. The number of carbonyl (C=O) groups excluding carboxylic acids is 1. The van der Waals surface area contributed by atoms with Crippen molar-refractivity contribution in [2.75, 3.05) is 12.4 Å². The van der Waals surface area contributed by atoms with Crippen LogP contribution in [0.5, 0.6) is 0 Å². The minimum Gasteiger partial charge on any atom is -0.371 e. The minimum absolute atomic E-state index is 0.0277. The van der Waals surface area contributed by atoms with Crippen molar-refractivity contribution < 1.29 is 9.18 Å². The van der Waals surface area contributed by atoms with E-state index in [-0.39, 0.29) is 11.4 Å². The van der Waals surface area contributed by atoms with Crippen LogP contribution in [0.2, 0.25) is 0 Å². The molecule has 2 heterocycles. The largest absolute Gasteiger partial charge is 0.371 e. The van der Waals surface area contributed by atoms with Crippen LogP contribution in [0.15, 0.2) is 18.6 Å². The Morgan fingerprint density at radius 3 is 2.89 bits per heavy atom. The topological polar surface area (TPSA) is 95.6 Å². The quantitative estimate of drug-likeness (QED) is 0.761. The molecule has 1 amide bonds. The van der Waals surface area contributed by atoms with Crippen molar-refractivity contribution in [2.24, 2.45) is 0 Å². The van der Waals surface area contributed by atoms with Gasteiger partial charge in [-0.25, -0.2) is 14.4 Å². The van der Waals surface area contributed by atoms with Gasteiger partial charge in [-0.3, -0.25) is 9.89 Å². The molecule has 0 fully saturated rings. The lowest BCUT2D eigenvalue weighted by Gasteiger charge is -2.12. The highest BCUT2D eigenvalue weighted by molar-refractivity contribution is 5.95. The number of anilines is 1. The summed E-state index contributed by atoms with van der Waals surface area (Å²) in [7, 11) is 1.53. The van der Waals surface area contributed by atoms with Crippen molar-refractivity contribution in [3.05, 3.63) is 35.8 Å². The third-order valence-electron chi connectivity index (χ3n) is 2.56. The number of H-pyrrole nitrogens is 1. The fourth-order valence-corrected chi connectivity index (χ4v) is 1.56. The number of hydrogen-bond acceptors (Lipinski definition) is 5. The van der Waals surface area contributed by atoms with Gasteiger partial charge in [0.05, 0.1) is 11.6 Å². The number of pyridine rings is 1. The molecule has 0 aliphatic rings. The zero-order valence-electron chi connectivity index (χ0n) is 10.4. The molecule has 0 aliphatic carbocycles. The molecule has 2 aromatic rings. The summed E-state index contributed by atoms with van der Waals surface area (Å²) in [6.45, 7) is 1.72. The van der Waals surface area contributed by atoms with Crippen LogP contribution in [0.1, 0.15) is 29.1 Å². The van der Waals surface area contributed by atoms with E-state index in [4.69, 9.17) is 0 Å². The zero-order chi connectivity index (χ0) is 13.8. The molecule has 0 saturated carbocycles. The first-order chi connectivity index (χ1) is 9.13. The Hall–Kier alpha value is -2.51. The normalized spacial score (nSPS) is 11.9. The Morgan fingerprint density at radius 1 is 1.47 bits per heavy atom. The van der Waals surface area contributed by atoms with Gasteiger partial charge in [-0.15, -0.1) is 0 Å². The Labute approximate surface area is 108 Å². The summed E-state index contributed by atoms with van der Waals surface area (Å²) in [6.07, 6.45) is 2.70. The van der Waals surface area contributed by atoms with Crippen LogP contribution in [0, 0.1) is 5.82 Å². The number of rotatable bonds is 4. The number of aromatic nitrogens is 4. The molecule has 2 rings (SSSR count). The van der Waals surface area contributed by atoms with Crippen LogP contribution in [-0.2, 0) is 0 Å². The lowest BCUT2D eigenvalue weighted by atomic mass is 10.2. The molecular formula is C11H13FN6O. The van der Waals surface area contributed by atoms with Gasteiger partial charge in [-0.05, 0) is 13.0 Å². The number of hydrogen-bond donors (Lipinski definition) is 3. The van der Waals surface area contributed by atoms with Gasteiger partial charge in [0.15, 0.2) is 11.6 Å². The Kier molecular flexibility index (Phi) is 3.69. The first-order valence-corrected chi connectivity index (χ1v) is 5.62. The van der Waals surface area contributed by atoms with Crippen molar-refractivity contribution in [2.45, 2.75) is 13.0 Å². The van der Waals surface area contributed by atoms with Crippen molar-refractivity contribution in [1.82, 2.24) is 25.5 Å². The lowest BCUT2D eigenvalue weighted by Crippen LogP contribution is -2.28. The van der Waals surface area contributed by atoms with Crippen LogP contribution >= 0.6 is 0 Å². The number of halogens is 1. The molecule has 1 atom stereocenters. The van der Waals surface area contributed by atoms with E-state index in [1.165, 1.54) is 25.6 Å². The maximum absolute atomic E-state index is 13.9. The molecule has 0 aromatic carbocycles. The highest BCUT2D eigenvalue weighted by Gasteiger charge is 2.18. The summed E-state index contributed by atoms with van der Waals surface area (Å²) >= 11 is 0. The predicted molar refractivity (Wildman–Crippen MR) is 66.0 cm³/mol. The molecule has 0 spiro atoms. The second kappa shape index (κ2) is 5.42. The lowest BCUT2D eigenvalue weighted by molar-refractivity contribution is 0.0934. The van der Waals surface area contributed by atoms with Gasteiger partial charge < -0.3 is 10.6 Å². The molecule has 1 unspecified atom stereocenters. The molecule has 0 saturated heterocycles. The van der Waals surface area contributed by atoms with Gasteiger partial charge in [0.25, 0.3) is 5.91 Å². The monoisotopic (exact) mass is 264 g/mol. The average molecular weight is 264 g/mol. The van der Waals surface area contributed by atoms with E-state index in [0.29, 0.717) is 5.82 Å². The summed E-state index contributed by atoms with van der Waals surface area (Å²) in [4.78, 5) is 19.7.